The summed E-state index contributed by atoms with van der Waals surface area (Å²) in [6, 6.07) is 13.2. The molecule has 6 aliphatic rings. The molecule has 10 rings (SSSR count). The molecule has 2 aliphatic heterocycles. The van der Waals surface area contributed by atoms with Gasteiger partial charge in [-0.25, -0.2) is 9.59 Å². The number of benzene rings is 2. The van der Waals surface area contributed by atoms with Crippen molar-refractivity contribution < 1.29 is 28.9 Å². The molecule has 8 nitrogen and oxygen atoms in total. The van der Waals surface area contributed by atoms with E-state index in [0.29, 0.717) is 23.2 Å². The number of hydrogen-bond acceptors (Lipinski definition) is 5. The van der Waals surface area contributed by atoms with Crippen molar-refractivity contribution in [2.45, 2.75) is 115 Å². The van der Waals surface area contributed by atoms with Crippen LogP contribution >= 0.6 is 0 Å². The second kappa shape index (κ2) is 14.9. The quantitative estimate of drug-likeness (QED) is 0.200. The molecule has 2 saturated carbocycles. The van der Waals surface area contributed by atoms with E-state index in [9.17, 15) is 14.7 Å². The maximum Gasteiger partial charge on any atom is 0.337 e. The molecule has 2 saturated heterocycles. The number of methoxy groups -OCH3 is 1. The molecule has 4 fully saturated rings. The van der Waals surface area contributed by atoms with Crippen molar-refractivity contribution in [3.63, 3.8) is 0 Å². The lowest BCUT2D eigenvalue weighted by atomic mass is 9.75. The van der Waals surface area contributed by atoms with Crippen LogP contribution in [-0.4, -0.2) is 59.7 Å². The second-order valence-electron chi connectivity index (χ2n) is 16.9. The van der Waals surface area contributed by atoms with Gasteiger partial charge in [0.2, 0.25) is 0 Å². The number of carboxylic acids is 1. The average Bonchev–Trinajstić information content (AvgIpc) is 3.65. The van der Waals surface area contributed by atoms with Crippen molar-refractivity contribution in [2.75, 3.05) is 33.5 Å². The Balaban J connectivity index is 0.000000141. The largest absolute Gasteiger partial charge is 0.478 e. The van der Waals surface area contributed by atoms with Gasteiger partial charge in [0.25, 0.3) is 0 Å². The predicted octanol–water partition coefficient (Wildman–Crippen LogP) is 9.28. The molecule has 2 atom stereocenters. The van der Waals surface area contributed by atoms with Crippen molar-refractivity contribution in [1.82, 2.24) is 9.13 Å². The van der Waals surface area contributed by atoms with E-state index in [1.807, 2.05) is 12.1 Å². The summed E-state index contributed by atoms with van der Waals surface area (Å²) in [6.07, 6.45) is 19.7. The first-order chi connectivity index (χ1) is 26.0. The third-order valence-corrected chi connectivity index (χ3v) is 14.3. The SMILES string of the molecule is COC(=O)c1ccc2c(c1)c1c(n2C2CCC2)CCC(C2CCOCC2)C1.O=C(O)c1ccc2c(c1)c1c(n2C2CCC2)CCC(C2CCOCC2)C1. The summed E-state index contributed by atoms with van der Waals surface area (Å²) in [4.78, 5) is 23.6. The van der Waals surface area contributed by atoms with Gasteiger partial charge < -0.3 is 28.5 Å². The number of ether oxygens (including phenoxy) is 3. The minimum absolute atomic E-state index is 0.237. The molecular weight excluding hydrogens is 665 g/mol. The smallest absolute Gasteiger partial charge is 0.337 e. The number of carboxylic acid groups (broad SMARTS) is 1. The highest BCUT2D eigenvalue weighted by atomic mass is 16.5. The number of nitrogens with zero attached hydrogens (tertiary/aromatic N) is 2. The fraction of sp³-hybridized carbons (Fsp3) is 0.600. The minimum atomic E-state index is -0.825. The molecule has 0 radical (unpaired) electrons. The van der Waals surface area contributed by atoms with E-state index in [2.05, 4.69) is 27.3 Å². The maximum absolute atomic E-state index is 12.1. The van der Waals surface area contributed by atoms with E-state index in [1.54, 1.807) is 11.8 Å². The van der Waals surface area contributed by atoms with E-state index in [1.165, 1.54) is 129 Å². The van der Waals surface area contributed by atoms with Gasteiger partial charge in [0, 0.05) is 71.7 Å². The van der Waals surface area contributed by atoms with Gasteiger partial charge in [-0.2, -0.15) is 0 Å². The van der Waals surface area contributed by atoms with Gasteiger partial charge in [0.1, 0.15) is 0 Å². The van der Waals surface area contributed by atoms with Crippen LogP contribution in [0.1, 0.15) is 132 Å². The summed E-state index contributed by atoms with van der Waals surface area (Å²) >= 11 is 0. The molecule has 4 heterocycles. The molecule has 2 aromatic heterocycles. The Hall–Kier alpha value is -3.62. The van der Waals surface area contributed by atoms with Crippen LogP contribution in [0.15, 0.2) is 36.4 Å². The van der Waals surface area contributed by atoms with Crippen molar-refractivity contribution in [1.29, 1.82) is 0 Å². The zero-order valence-corrected chi connectivity index (χ0v) is 31.5. The summed E-state index contributed by atoms with van der Waals surface area (Å²) in [5.74, 6) is 1.97. The first-order valence-corrected chi connectivity index (χ1v) is 20.8. The molecule has 4 aliphatic carbocycles. The van der Waals surface area contributed by atoms with Gasteiger partial charge in [-0.15, -0.1) is 0 Å². The number of carbonyl (C=O) groups is 2. The van der Waals surface area contributed by atoms with Crippen LogP contribution in [0.2, 0.25) is 0 Å². The third-order valence-electron chi connectivity index (χ3n) is 14.3. The van der Waals surface area contributed by atoms with Crippen LogP contribution in [0, 0.1) is 23.7 Å². The topological polar surface area (TPSA) is 91.9 Å². The van der Waals surface area contributed by atoms with E-state index < -0.39 is 5.97 Å². The van der Waals surface area contributed by atoms with Gasteiger partial charge in [0.15, 0.2) is 0 Å². The van der Waals surface area contributed by atoms with Crippen LogP contribution in [0.5, 0.6) is 0 Å². The van der Waals surface area contributed by atoms with Crippen molar-refractivity contribution in [2.24, 2.45) is 23.7 Å². The number of aromatic carboxylic acids is 1. The number of rotatable bonds is 6. The van der Waals surface area contributed by atoms with E-state index >= 15 is 0 Å². The molecular formula is C45H56N2O6. The Bertz CT molecular complexity index is 1990. The first-order valence-electron chi connectivity index (χ1n) is 20.8. The van der Waals surface area contributed by atoms with Gasteiger partial charge in [0.05, 0.1) is 18.2 Å². The van der Waals surface area contributed by atoms with Crippen LogP contribution in [0.3, 0.4) is 0 Å². The molecule has 0 bridgehead atoms. The number of aromatic nitrogens is 2. The standard InChI is InChI=1S/C23H29NO3.C22H27NO3/c1-26-23(25)17-6-8-22-20(14-17)19-13-16(15-9-11-27-12-10-15)5-7-21(19)24(22)18-3-2-4-18;24-22(25)16-5-7-21-19(13-16)18-12-15(14-8-10-26-11-9-14)4-6-20(18)23(21)17-2-1-3-17/h6,8,14-16,18H,2-5,7,9-13H2,1H3;5,7,13-15,17H,1-4,6,8-12H2,(H,24,25). The number of fused-ring (bicyclic) bond motifs is 6. The number of hydrogen-bond donors (Lipinski definition) is 1. The first kappa shape index (κ1) is 35.1. The molecule has 0 spiro atoms. The lowest BCUT2D eigenvalue weighted by Crippen LogP contribution is -2.29. The van der Waals surface area contributed by atoms with Gasteiger partial charge in [-0.05, 0) is 174 Å². The van der Waals surface area contributed by atoms with Crippen molar-refractivity contribution in [3.05, 3.63) is 70.0 Å². The molecule has 1 N–H and O–H groups in total. The minimum Gasteiger partial charge on any atom is -0.478 e. The number of carbonyl (C=O) groups excluding carboxylic acids is 1. The van der Waals surface area contributed by atoms with Crippen LogP contribution in [0.25, 0.3) is 21.8 Å². The predicted molar refractivity (Wildman–Crippen MR) is 206 cm³/mol. The second-order valence-corrected chi connectivity index (χ2v) is 16.9. The Morgan fingerprint density at radius 3 is 1.49 bits per heavy atom. The maximum atomic E-state index is 12.1. The van der Waals surface area contributed by atoms with E-state index in [-0.39, 0.29) is 5.97 Å². The molecule has 8 heteroatoms. The molecule has 0 amide bonds. The monoisotopic (exact) mass is 720 g/mol. The van der Waals surface area contributed by atoms with E-state index in [0.717, 1.165) is 69.4 Å². The molecule has 53 heavy (non-hydrogen) atoms. The summed E-state index contributed by atoms with van der Waals surface area (Å²) < 4.78 is 21.3. The highest BCUT2D eigenvalue weighted by molar-refractivity contribution is 5.97. The summed E-state index contributed by atoms with van der Waals surface area (Å²) in [5, 5.41) is 11.9. The average molecular weight is 721 g/mol. The molecule has 2 unspecified atom stereocenters. The van der Waals surface area contributed by atoms with Gasteiger partial charge in [-0.1, -0.05) is 0 Å². The highest BCUT2D eigenvalue weighted by Crippen LogP contribution is 2.46. The Kier molecular flexibility index (Phi) is 9.87. The molecule has 4 aromatic rings. The Morgan fingerprint density at radius 1 is 0.623 bits per heavy atom. The molecule has 282 valence electrons. The highest BCUT2D eigenvalue weighted by Gasteiger charge is 2.36. The fourth-order valence-corrected chi connectivity index (χ4v) is 10.9. The Labute approximate surface area is 313 Å². The Morgan fingerprint density at radius 2 is 1.08 bits per heavy atom. The summed E-state index contributed by atoms with van der Waals surface area (Å²) in [5.41, 5.74) is 9.66. The van der Waals surface area contributed by atoms with Crippen molar-refractivity contribution in [3.8, 4) is 0 Å². The zero-order chi connectivity index (χ0) is 36.1. The molecule has 2 aromatic carbocycles. The normalized spacial score (nSPS) is 24.1. The van der Waals surface area contributed by atoms with Gasteiger partial charge in [-0.3, -0.25) is 0 Å². The lowest BCUT2D eigenvalue weighted by molar-refractivity contribution is 0.0437. The lowest BCUT2D eigenvalue weighted by Gasteiger charge is -2.35. The summed E-state index contributed by atoms with van der Waals surface area (Å²) in [6.45, 7) is 3.65. The van der Waals surface area contributed by atoms with Gasteiger partial charge >= 0.3 is 11.9 Å². The van der Waals surface area contributed by atoms with Crippen LogP contribution in [-0.2, 0) is 39.9 Å². The third kappa shape index (κ3) is 6.52. The van der Waals surface area contributed by atoms with Crippen molar-refractivity contribution >= 4 is 33.7 Å². The number of esters is 1. The fourth-order valence-electron chi connectivity index (χ4n) is 10.9. The zero-order valence-electron chi connectivity index (χ0n) is 31.5. The van der Waals surface area contributed by atoms with E-state index in [4.69, 9.17) is 14.2 Å². The van der Waals surface area contributed by atoms with Crippen LogP contribution < -0.4 is 0 Å². The van der Waals surface area contributed by atoms with Crippen LogP contribution in [0.4, 0.5) is 0 Å². The summed E-state index contributed by atoms with van der Waals surface area (Å²) in [7, 11) is 1.46.